The lowest BCUT2D eigenvalue weighted by Crippen LogP contribution is -2.34. The van der Waals surface area contributed by atoms with E-state index in [1.54, 1.807) is 11.7 Å². The highest BCUT2D eigenvalue weighted by atomic mass is 16.5. The molecular weight excluding hydrogens is 578 g/mol. The van der Waals surface area contributed by atoms with Gasteiger partial charge in [-0.25, -0.2) is 14.2 Å². The second-order valence-corrected chi connectivity index (χ2v) is 11.5. The van der Waals surface area contributed by atoms with Gasteiger partial charge in [-0.05, 0) is 69.5 Å². The van der Waals surface area contributed by atoms with Crippen LogP contribution in [0.1, 0.15) is 73.7 Å². The minimum atomic E-state index is -1.13. The van der Waals surface area contributed by atoms with Crippen molar-refractivity contribution in [3.8, 4) is 22.9 Å². The van der Waals surface area contributed by atoms with E-state index >= 15 is 0 Å². The maximum absolute atomic E-state index is 12.4. The smallest absolute Gasteiger partial charge is 0.357 e. The van der Waals surface area contributed by atoms with Gasteiger partial charge in [0.2, 0.25) is 11.8 Å². The van der Waals surface area contributed by atoms with Gasteiger partial charge in [-0.3, -0.25) is 9.58 Å². The average molecular weight is 620 g/mol. The summed E-state index contributed by atoms with van der Waals surface area (Å²) in [5, 5.41) is 35.0. The Morgan fingerprint density at radius 1 is 1.16 bits per heavy atom. The topological polar surface area (TPSA) is 142 Å². The van der Waals surface area contributed by atoms with E-state index in [2.05, 4.69) is 16.9 Å². The number of carboxylic acid groups (broad SMARTS) is 1. The number of carboxylic acids is 1. The van der Waals surface area contributed by atoms with Crippen LogP contribution in [-0.4, -0.2) is 89.4 Å². The third-order valence-electron chi connectivity index (χ3n) is 8.36. The summed E-state index contributed by atoms with van der Waals surface area (Å²) in [6.07, 6.45) is 6.33. The van der Waals surface area contributed by atoms with Gasteiger partial charge < -0.3 is 24.4 Å². The molecule has 5 heterocycles. The molecule has 2 aliphatic heterocycles. The molecule has 1 saturated heterocycles. The predicted octanol–water partition coefficient (Wildman–Crippen LogP) is 4.19. The Kier molecular flexibility index (Phi) is 8.92. The number of hydrogen-bond donors (Lipinski definition) is 2. The van der Waals surface area contributed by atoms with Crippen molar-refractivity contribution in [1.29, 1.82) is 0 Å². The van der Waals surface area contributed by atoms with E-state index in [0.29, 0.717) is 61.4 Å². The van der Waals surface area contributed by atoms with Crippen LogP contribution in [0.3, 0.4) is 0 Å². The van der Waals surface area contributed by atoms with Crippen molar-refractivity contribution in [1.82, 2.24) is 34.2 Å². The highest BCUT2D eigenvalue weighted by Crippen LogP contribution is 2.38. The first-order chi connectivity index (χ1) is 21.8. The first-order valence-electron chi connectivity index (χ1n) is 15.7. The second kappa shape index (κ2) is 13.0. The van der Waals surface area contributed by atoms with E-state index in [1.165, 1.54) is 4.68 Å². The minimum absolute atomic E-state index is 0.0660. The van der Waals surface area contributed by atoms with Crippen LogP contribution in [-0.2, 0) is 24.9 Å². The maximum atomic E-state index is 12.4. The molecule has 13 nitrogen and oxygen atoms in total. The van der Waals surface area contributed by atoms with Gasteiger partial charge in [0.05, 0.1) is 47.8 Å². The monoisotopic (exact) mass is 619 g/mol. The number of aromatic carboxylic acids is 1. The summed E-state index contributed by atoms with van der Waals surface area (Å²) in [5.41, 5.74) is 4.32. The van der Waals surface area contributed by atoms with Gasteiger partial charge in [0.25, 0.3) is 0 Å². The Morgan fingerprint density at radius 3 is 2.71 bits per heavy atom. The third-order valence-corrected chi connectivity index (χ3v) is 8.36. The fraction of sp³-hybridized carbons (Fsp3) is 0.500. The molecular formula is C32H41N7O6. The van der Waals surface area contributed by atoms with Crippen molar-refractivity contribution in [3.63, 3.8) is 0 Å². The van der Waals surface area contributed by atoms with E-state index in [-0.39, 0.29) is 24.6 Å². The summed E-state index contributed by atoms with van der Waals surface area (Å²) >= 11 is 0. The summed E-state index contributed by atoms with van der Waals surface area (Å²) in [5.74, 6) is -0.253. The molecule has 240 valence electrons. The predicted molar refractivity (Wildman–Crippen MR) is 168 cm³/mol. The summed E-state index contributed by atoms with van der Waals surface area (Å²) in [6.45, 7) is 9.12. The highest BCUT2D eigenvalue weighted by molar-refractivity contribution is 5.99. The summed E-state index contributed by atoms with van der Waals surface area (Å²) < 4.78 is 23.8. The molecule has 1 unspecified atom stereocenters. The SMILES string of the molecule is CCOc1nn(CCO)c2c1/C=C/c1nn(C3CCCCO3)c3ccc(cc13)-c1c(C(=O)O)nn(C)c1O[C@@H](C)CN(CC)C2. The van der Waals surface area contributed by atoms with Gasteiger partial charge in [-0.2, -0.15) is 10.2 Å². The molecule has 2 bridgehead atoms. The van der Waals surface area contributed by atoms with E-state index in [4.69, 9.17) is 24.4 Å². The lowest BCUT2D eigenvalue weighted by atomic mass is 10.0. The Bertz CT molecular complexity index is 1710. The van der Waals surface area contributed by atoms with Crippen molar-refractivity contribution < 1.29 is 29.2 Å². The van der Waals surface area contributed by atoms with Gasteiger partial charge in [0, 0.05) is 32.1 Å². The number of hydrogen-bond acceptors (Lipinski definition) is 9. The van der Waals surface area contributed by atoms with E-state index < -0.39 is 5.97 Å². The number of ether oxygens (including phenoxy) is 3. The quantitative estimate of drug-likeness (QED) is 0.309. The molecule has 13 heteroatoms. The Morgan fingerprint density at radius 2 is 2.00 bits per heavy atom. The first kappa shape index (κ1) is 30.8. The van der Waals surface area contributed by atoms with Crippen LogP contribution in [0.4, 0.5) is 0 Å². The molecule has 2 aliphatic rings. The first-order valence-corrected chi connectivity index (χ1v) is 15.7. The molecule has 2 N–H and O–H groups in total. The third kappa shape index (κ3) is 5.95. The van der Waals surface area contributed by atoms with Gasteiger partial charge in [0.1, 0.15) is 6.10 Å². The number of fused-ring (bicyclic) bond motifs is 4. The number of aliphatic hydroxyl groups excluding tert-OH is 1. The molecule has 0 radical (unpaired) electrons. The number of aliphatic hydroxyl groups is 1. The highest BCUT2D eigenvalue weighted by Gasteiger charge is 2.29. The molecule has 4 aromatic rings. The van der Waals surface area contributed by atoms with Crippen LogP contribution in [0.2, 0.25) is 0 Å². The van der Waals surface area contributed by atoms with Crippen LogP contribution in [0.15, 0.2) is 18.2 Å². The molecule has 2 atom stereocenters. The van der Waals surface area contributed by atoms with Crippen molar-refractivity contribution >= 4 is 29.0 Å². The fourth-order valence-corrected chi connectivity index (χ4v) is 6.25. The molecule has 1 fully saturated rings. The molecule has 0 aliphatic carbocycles. The van der Waals surface area contributed by atoms with Crippen LogP contribution in [0.25, 0.3) is 34.2 Å². The maximum Gasteiger partial charge on any atom is 0.357 e. The Hall–Kier alpha value is -4.20. The van der Waals surface area contributed by atoms with E-state index in [9.17, 15) is 15.0 Å². The van der Waals surface area contributed by atoms with Crippen LogP contribution in [0, 0.1) is 0 Å². The van der Waals surface area contributed by atoms with Crippen molar-refractivity contribution in [2.45, 2.75) is 65.5 Å². The van der Waals surface area contributed by atoms with Gasteiger partial charge in [-0.15, -0.1) is 5.10 Å². The molecule has 0 saturated carbocycles. The summed E-state index contributed by atoms with van der Waals surface area (Å²) in [6, 6.07) is 5.82. The largest absolute Gasteiger partial charge is 0.476 e. The number of carbonyl (C=O) groups is 1. The average Bonchev–Trinajstić information content (AvgIpc) is 3.67. The fourth-order valence-electron chi connectivity index (χ4n) is 6.25. The molecule has 0 spiro atoms. The van der Waals surface area contributed by atoms with Crippen molar-refractivity contribution in [2.24, 2.45) is 7.05 Å². The normalized spacial score (nSPS) is 19.8. The van der Waals surface area contributed by atoms with Crippen LogP contribution in [0.5, 0.6) is 11.8 Å². The Balaban J connectivity index is 1.60. The molecule has 6 rings (SSSR count). The zero-order valence-corrected chi connectivity index (χ0v) is 26.3. The number of aromatic nitrogens is 6. The van der Waals surface area contributed by atoms with Crippen LogP contribution >= 0.6 is 0 Å². The number of rotatable bonds is 7. The van der Waals surface area contributed by atoms with Crippen molar-refractivity contribution in [2.75, 3.05) is 32.9 Å². The lowest BCUT2D eigenvalue weighted by molar-refractivity contribution is -0.0367. The number of likely N-dealkylation sites (N-methyl/N-ethyl adjacent to an activating group) is 1. The number of aryl methyl sites for hydroxylation is 1. The zero-order chi connectivity index (χ0) is 31.7. The molecule has 3 aromatic heterocycles. The lowest BCUT2D eigenvalue weighted by Gasteiger charge is -2.26. The summed E-state index contributed by atoms with van der Waals surface area (Å²) in [4.78, 5) is 14.6. The Labute approximate surface area is 261 Å². The molecule has 45 heavy (non-hydrogen) atoms. The van der Waals surface area contributed by atoms with Crippen LogP contribution < -0.4 is 9.47 Å². The zero-order valence-electron chi connectivity index (χ0n) is 26.3. The second-order valence-electron chi connectivity index (χ2n) is 11.5. The molecule has 1 aromatic carbocycles. The van der Waals surface area contributed by atoms with Gasteiger partial charge in [-0.1, -0.05) is 13.0 Å². The minimum Gasteiger partial charge on any atom is -0.476 e. The van der Waals surface area contributed by atoms with E-state index in [0.717, 1.165) is 48.0 Å². The van der Waals surface area contributed by atoms with Gasteiger partial charge >= 0.3 is 5.97 Å². The number of benzene rings is 1. The van der Waals surface area contributed by atoms with Crippen molar-refractivity contribution in [3.05, 3.63) is 40.8 Å². The summed E-state index contributed by atoms with van der Waals surface area (Å²) in [7, 11) is 1.70. The van der Waals surface area contributed by atoms with Gasteiger partial charge in [0.15, 0.2) is 11.9 Å². The standard InChI is InChI=1S/C32H41N7O6/c1-5-37-18-20(3)45-31-28(29(32(41)42)34-36(31)4)21-10-13-25-23(17-21)24(33-39(25)27-9-7-8-16-44-27)12-11-22-26(19-37)38(14-15-40)35-30(22)43-6-2/h10-13,17,20,27,40H,5-9,14-16,18-19H2,1-4H3,(H,41,42)/b12-11+/t20-,27?/m0/s1. The molecule has 0 amide bonds. The number of nitrogens with zero attached hydrogens (tertiary/aromatic N) is 7. The van der Waals surface area contributed by atoms with E-state index in [1.807, 2.05) is 48.9 Å².